The van der Waals surface area contributed by atoms with E-state index in [-0.39, 0.29) is 29.9 Å². The van der Waals surface area contributed by atoms with Crippen molar-refractivity contribution >= 4 is 34.6 Å². The molecule has 0 radical (unpaired) electrons. The van der Waals surface area contributed by atoms with Crippen LogP contribution in [0.4, 0.5) is 5.69 Å². The molecule has 9 nitrogen and oxygen atoms in total. The van der Waals surface area contributed by atoms with Gasteiger partial charge in [0.15, 0.2) is 0 Å². The lowest BCUT2D eigenvalue weighted by molar-refractivity contribution is -0.136. The summed E-state index contributed by atoms with van der Waals surface area (Å²) in [7, 11) is 0. The Balaban J connectivity index is 0.872. The summed E-state index contributed by atoms with van der Waals surface area (Å²) in [5, 5.41) is 12.3. The molecule has 1 atom stereocenters. The van der Waals surface area contributed by atoms with Gasteiger partial charge in [0, 0.05) is 37.3 Å². The highest BCUT2D eigenvalue weighted by Gasteiger charge is 2.39. The topological polar surface area (TPSA) is 102 Å². The zero-order chi connectivity index (χ0) is 37.4. The SMILES string of the molecule is CC/C(=C(\c1ccc(O)cc1)c1ccc(OCCCCN2CCCN(c3ccc4c(c3)CN(C3CCC(=O)NC3=O)C4=O)CCC2)cc1)c1ccccc1. The molecule has 0 saturated carbocycles. The second-order valence-corrected chi connectivity index (χ2v) is 14.5. The predicted molar refractivity (Wildman–Crippen MR) is 212 cm³/mol. The highest BCUT2D eigenvalue weighted by Crippen LogP contribution is 2.36. The van der Waals surface area contributed by atoms with Gasteiger partial charge in [-0.2, -0.15) is 0 Å². The molecule has 4 aromatic rings. The molecule has 2 saturated heterocycles. The molecule has 0 bridgehead atoms. The molecule has 3 amide bonds. The number of piperidine rings is 1. The van der Waals surface area contributed by atoms with Crippen LogP contribution >= 0.6 is 0 Å². The summed E-state index contributed by atoms with van der Waals surface area (Å²) in [4.78, 5) is 43.8. The van der Waals surface area contributed by atoms with Crippen LogP contribution in [-0.4, -0.2) is 78.0 Å². The van der Waals surface area contributed by atoms with Gasteiger partial charge in [-0.25, -0.2) is 0 Å². The minimum absolute atomic E-state index is 0.129. The third-order valence-electron chi connectivity index (χ3n) is 10.9. The summed E-state index contributed by atoms with van der Waals surface area (Å²) >= 11 is 0. The third-order valence-corrected chi connectivity index (χ3v) is 10.9. The van der Waals surface area contributed by atoms with Crippen molar-refractivity contribution in [3.8, 4) is 11.5 Å². The lowest BCUT2D eigenvalue weighted by Crippen LogP contribution is -2.52. The van der Waals surface area contributed by atoms with Crippen molar-refractivity contribution in [3.63, 3.8) is 0 Å². The molecule has 3 heterocycles. The number of carbonyl (C=O) groups excluding carboxylic acids is 3. The van der Waals surface area contributed by atoms with E-state index < -0.39 is 6.04 Å². The van der Waals surface area contributed by atoms with Crippen LogP contribution in [0.2, 0.25) is 0 Å². The van der Waals surface area contributed by atoms with E-state index in [1.165, 1.54) is 11.1 Å². The first kappa shape index (κ1) is 36.9. The van der Waals surface area contributed by atoms with E-state index in [2.05, 4.69) is 76.6 Å². The number of nitrogens with one attached hydrogen (secondary N) is 1. The highest BCUT2D eigenvalue weighted by molar-refractivity contribution is 6.05. The number of nitrogens with zero attached hydrogens (tertiary/aromatic N) is 3. The minimum atomic E-state index is -0.592. The van der Waals surface area contributed by atoms with Crippen molar-refractivity contribution in [3.05, 3.63) is 125 Å². The number of carbonyl (C=O) groups is 3. The first-order valence-corrected chi connectivity index (χ1v) is 19.4. The number of fused-ring (bicyclic) bond motifs is 1. The number of benzene rings is 4. The minimum Gasteiger partial charge on any atom is -0.508 e. The maximum absolute atomic E-state index is 13.1. The van der Waals surface area contributed by atoms with Crippen molar-refractivity contribution in [2.24, 2.45) is 0 Å². The van der Waals surface area contributed by atoms with Crippen LogP contribution < -0.4 is 15.0 Å². The second kappa shape index (κ2) is 17.2. The first-order valence-electron chi connectivity index (χ1n) is 19.4. The normalized spacial score (nSPS) is 18.5. The molecular weight excluding hydrogens is 677 g/mol. The summed E-state index contributed by atoms with van der Waals surface area (Å²) < 4.78 is 6.19. The van der Waals surface area contributed by atoms with E-state index in [0.717, 1.165) is 98.5 Å². The number of anilines is 1. The fourth-order valence-corrected chi connectivity index (χ4v) is 8.09. The first-order chi connectivity index (χ1) is 26.4. The number of phenolic OH excluding ortho intramolecular Hbond substituents is 1. The number of allylic oxidation sites excluding steroid dienone is 1. The van der Waals surface area contributed by atoms with Gasteiger partial charge >= 0.3 is 0 Å². The Morgan fingerprint density at radius 2 is 1.52 bits per heavy atom. The summed E-state index contributed by atoms with van der Waals surface area (Å²) in [6, 6.07) is 31.8. The quantitative estimate of drug-likeness (QED) is 0.0899. The standard InChI is InChI=1S/C45H50N4O5/c1-2-39(32-10-4-3-5-11-32)43(33-12-17-37(50)18-13-33)34-14-19-38(20-15-34)54-29-7-6-24-47-25-8-27-48(28-9-26-47)36-16-21-40-35(30-36)31-49(45(40)53)41-22-23-42(51)46-44(41)52/h3-5,10-21,30,41,50H,2,6-9,22-29,31H2,1H3,(H,46,51,52)/b43-39-. The van der Waals surface area contributed by atoms with Gasteiger partial charge in [-0.15, -0.1) is 0 Å². The molecule has 7 rings (SSSR count). The van der Waals surface area contributed by atoms with Gasteiger partial charge in [0.2, 0.25) is 11.8 Å². The van der Waals surface area contributed by atoms with E-state index in [1.807, 2.05) is 30.3 Å². The maximum atomic E-state index is 13.1. The van der Waals surface area contributed by atoms with E-state index in [9.17, 15) is 19.5 Å². The van der Waals surface area contributed by atoms with Crippen LogP contribution in [-0.2, 0) is 16.1 Å². The fourth-order valence-electron chi connectivity index (χ4n) is 8.09. The van der Waals surface area contributed by atoms with Crippen LogP contribution in [0, 0.1) is 0 Å². The van der Waals surface area contributed by atoms with Crippen LogP contribution in [0.25, 0.3) is 11.1 Å². The summed E-state index contributed by atoms with van der Waals surface area (Å²) in [6.07, 6.45) is 5.70. The molecule has 0 aliphatic carbocycles. The summed E-state index contributed by atoms with van der Waals surface area (Å²) in [6.45, 7) is 8.31. The Morgan fingerprint density at radius 3 is 2.20 bits per heavy atom. The van der Waals surface area contributed by atoms with Gasteiger partial charge < -0.3 is 24.5 Å². The second-order valence-electron chi connectivity index (χ2n) is 14.5. The summed E-state index contributed by atoms with van der Waals surface area (Å²) in [5.74, 6) is 0.348. The molecule has 2 fully saturated rings. The number of hydrogen-bond donors (Lipinski definition) is 2. The molecule has 1 unspecified atom stereocenters. The smallest absolute Gasteiger partial charge is 0.255 e. The molecular formula is C45H50N4O5. The molecule has 4 aromatic carbocycles. The Hall–Kier alpha value is -5.41. The Bertz CT molecular complexity index is 1970. The lowest BCUT2D eigenvalue weighted by Gasteiger charge is -2.32. The Labute approximate surface area is 318 Å². The molecule has 54 heavy (non-hydrogen) atoms. The van der Waals surface area contributed by atoms with Crippen LogP contribution in [0.1, 0.15) is 84.5 Å². The molecule has 280 valence electrons. The van der Waals surface area contributed by atoms with E-state index in [0.29, 0.717) is 25.1 Å². The molecule has 3 aliphatic rings. The molecule has 9 heteroatoms. The van der Waals surface area contributed by atoms with Crippen LogP contribution in [0.3, 0.4) is 0 Å². The number of imide groups is 1. The monoisotopic (exact) mass is 726 g/mol. The fraction of sp³-hybridized carbons (Fsp3) is 0.356. The number of amides is 3. The van der Waals surface area contributed by atoms with Crippen LogP contribution in [0.15, 0.2) is 97.1 Å². The van der Waals surface area contributed by atoms with Crippen molar-refractivity contribution in [2.45, 2.75) is 64.5 Å². The summed E-state index contributed by atoms with van der Waals surface area (Å²) in [5.41, 5.74) is 8.53. The predicted octanol–water partition coefficient (Wildman–Crippen LogP) is 7.28. The van der Waals surface area contributed by atoms with Crippen molar-refractivity contribution in [1.29, 1.82) is 0 Å². The van der Waals surface area contributed by atoms with Crippen molar-refractivity contribution < 1.29 is 24.2 Å². The van der Waals surface area contributed by atoms with Crippen molar-refractivity contribution in [2.75, 3.05) is 44.2 Å². The highest BCUT2D eigenvalue weighted by atomic mass is 16.5. The van der Waals surface area contributed by atoms with E-state index in [1.54, 1.807) is 17.0 Å². The number of phenols is 1. The third kappa shape index (κ3) is 8.52. The number of unbranched alkanes of at least 4 members (excludes halogenated alkanes) is 1. The zero-order valence-electron chi connectivity index (χ0n) is 31.1. The average Bonchev–Trinajstić information content (AvgIpc) is 3.50. The zero-order valence-corrected chi connectivity index (χ0v) is 31.1. The van der Waals surface area contributed by atoms with Crippen LogP contribution in [0.5, 0.6) is 11.5 Å². The van der Waals surface area contributed by atoms with E-state index in [4.69, 9.17) is 4.74 Å². The number of rotatable bonds is 12. The number of aromatic hydroxyl groups is 1. The van der Waals surface area contributed by atoms with Gasteiger partial charge in [-0.1, -0.05) is 61.5 Å². The maximum Gasteiger partial charge on any atom is 0.255 e. The van der Waals surface area contributed by atoms with Crippen molar-refractivity contribution in [1.82, 2.24) is 15.1 Å². The van der Waals surface area contributed by atoms with Gasteiger partial charge in [-0.05, 0) is 134 Å². The molecule has 0 aromatic heterocycles. The van der Waals surface area contributed by atoms with Gasteiger partial charge in [0.05, 0.1) is 6.61 Å². The Kier molecular flexibility index (Phi) is 11.7. The molecule has 3 aliphatic heterocycles. The number of hydrogen-bond acceptors (Lipinski definition) is 7. The van der Waals surface area contributed by atoms with Gasteiger partial charge in [-0.3, -0.25) is 19.7 Å². The molecule has 0 spiro atoms. The van der Waals surface area contributed by atoms with Gasteiger partial charge in [0.25, 0.3) is 5.91 Å². The average molecular weight is 727 g/mol. The van der Waals surface area contributed by atoms with Gasteiger partial charge in [0.1, 0.15) is 17.5 Å². The number of ether oxygens (including phenoxy) is 1. The molecule has 2 N–H and O–H groups in total. The van der Waals surface area contributed by atoms with E-state index >= 15 is 0 Å². The largest absolute Gasteiger partial charge is 0.508 e. The lowest BCUT2D eigenvalue weighted by atomic mass is 9.88. The Morgan fingerprint density at radius 1 is 0.815 bits per heavy atom.